The number of carbonyl (C=O) groups excluding carboxylic acids is 1. The number of halogens is 1. The van der Waals surface area contributed by atoms with Gasteiger partial charge in [-0.15, -0.1) is 6.58 Å². The topological polar surface area (TPSA) is 92.2 Å². The van der Waals surface area contributed by atoms with E-state index < -0.39 is 0 Å². The van der Waals surface area contributed by atoms with Crippen LogP contribution in [0.5, 0.6) is 0 Å². The standard InChI is InChI=1S/C22H23BrN6O2/c1-2-11-29-19-18(7-4-10-24-19)27-20(21(29)30)28-12-8-16(9-13-28)25-22(31)26-17-6-3-5-15(23)14-17/h2-7,10,14,16H,1,8-9,11-13H2,(H2,25,26,31). The molecule has 0 radical (unpaired) electrons. The first-order valence-electron chi connectivity index (χ1n) is 10.1. The number of anilines is 2. The summed E-state index contributed by atoms with van der Waals surface area (Å²) in [6, 6.07) is 10.9. The Balaban J connectivity index is 1.43. The van der Waals surface area contributed by atoms with Gasteiger partial charge in [0.25, 0.3) is 5.56 Å². The van der Waals surface area contributed by atoms with Crippen molar-refractivity contribution in [1.29, 1.82) is 0 Å². The molecule has 2 amide bonds. The van der Waals surface area contributed by atoms with Gasteiger partial charge in [-0.1, -0.05) is 28.1 Å². The van der Waals surface area contributed by atoms with Crippen LogP contribution in [0.15, 0.2) is 64.5 Å². The average molecular weight is 483 g/mol. The van der Waals surface area contributed by atoms with Gasteiger partial charge in [0.1, 0.15) is 5.52 Å². The van der Waals surface area contributed by atoms with Gasteiger partial charge in [0, 0.05) is 42.0 Å². The molecule has 1 fully saturated rings. The number of nitrogens with zero attached hydrogens (tertiary/aromatic N) is 4. The highest BCUT2D eigenvalue weighted by Gasteiger charge is 2.24. The van der Waals surface area contributed by atoms with Crippen LogP contribution in [-0.2, 0) is 6.54 Å². The van der Waals surface area contributed by atoms with Crippen molar-refractivity contribution >= 4 is 44.6 Å². The lowest BCUT2D eigenvalue weighted by Gasteiger charge is -2.33. The molecule has 1 aromatic carbocycles. The van der Waals surface area contributed by atoms with Gasteiger partial charge in [-0.3, -0.25) is 9.36 Å². The molecule has 2 N–H and O–H groups in total. The second kappa shape index (κ2) is 9.30. The SMILES string of the molecule is C=CCn1c(=O)c(N2CCC(NC(=O)Nc3cccc(Br)c3)CC2)nc2cccnc21. The van der Waals surface area contributed by atoms with Gasteiger partial charge in [-0.05, 0) is 43.2 Å². The van der Waals surface area contributed by atoms with E-state index in [9.17, 15) is 9.59 Å². The van der Waals surface area contributed by atoms with Gasteiger partial charge in [-0.25, -0.2) is 14.8 Å². The number of nitrogens with one attached hydrogen (secondary N) is 2. The molecule has 3 aromatic rings. The molecule has 2 aromatic heterocycles. The molecule has 1 aliphatic rings. The van der Waals surface area contributed by atoms with Crippen LogP contribution in [0.3, 0.4) is 0 Å². The lowest BCUT2D eigenvalue weighted by molar-refractivity contribution is 0.246. The van der Waals surface area contributed by atoms with Crippen LogP contribution < -0.4 is 21.1 Å². The van der Waals surface area contributed by atoms with Gasteiger partial charge in [0.15, 0.2) is 11.5 Å². The predicted octanol–water partition coefficient (Wildman–Crippen LogP) is 3.53. The summed E-state index contributed by atoms with van der Waals surface area (Å²) in [6.45, 7) is 5.38. The highest BCUT2D eigenvalue weighted by atomic mass is 79.9. The lowest BCUT2D eigenvalue weighted by atomic mass is 10.1. The van der Waals surface area contributed by atoms with Gasteiger partial charge < -0.3 is 15.5 Å². The van der Waals surface area contributed by atoms with Crippen LogP contribution in [0, 0.1) is 0 Å². The van der Waals surface area contributed by atoms with Crippen LogP contribution in [0.4, 0.5) is 16.3 Å². The minimum Gasteiger partial charge on any atom is -0.352 e. The molecule has 0 saturated carbocycles. The minimum atomic E-state index is -0.236. The fourth-order valence-corrected chi connectivity index (χ4v) is 4.12. The van der Waals surface area contributed by atoms with Gasteiger partial charge >= 0.3 is 6.03 Å². The van der Waals surface area contributed by atoms with E-state index in [2.05, 4.69) is 43.1 Å². The Hall–Kier alpha value is -3.20. The smallest absolute Gasteiger partial charge is 0.319 e. The molecule has 9 heteroatoms. The number of piperidine rings is 1. The van der Waals surface area contributed by atoms with Crippen molar-refractivity contribution in [2.24, 2.45) is 0 Å². The Kier molecular flexibility index (Phi) is 6.31. The molecule has 4 rings (SSSR count). The van der Waals surface area contributed by atoms with Crippen molar-refractivity contribution in [3.05, 3.63) is 70.1 Å². The number of benzene rings is 1. The Morgan fingerprint density at radius 2 is 2.06 bits per heavy atom. The van der Waals surface area contributed by atoms with E-state index in [4.69, 9.17) is 0 Å². The van der Waals surface area contributed by atoms with Crippen molar-refractivity contribution in [3.63, 3.8) is 0 Å². The first-order chi connectivity index (χ1) is 15.0. The third-order valence-electron chi connectivity index (χ3n) is 5.21. The molecule has 0 unspecified atom stereocenters. The molecular formula is C22H23BrN6O2. The number of aromatic nitrogens is 3. The third kappa shape index (κ3) is 4.77. The Morgan fingerprint density at radius 1 is 1.26 bits per heavy atom. The molecule has 0 atom stereocenters. The zero-order chi connectivity index (χ0) is 21.8. The second-order valence-electron chi connectivity index (χ2n) is 7.36. The quantitative estimate of drug-likeness (QED) is 0.542. The van der Waals surface area contributed by atoms with E-state index >= 15 is 0 Å². The molecule has 0 spiro atoms. The van der Waals surface area contributed by atoms with Crippen LogP contribution >= 0.6 is 15.9 Å². The summed E-state index contributed by atoms with van der Waals surface area (Å²) in [6.07, 6.45) is 4.78. The number of amides is 2. The molecule has 0 aliphatic carbocycles. The molecule has 8 nitrogen and oxygen atoms in total. The predicted molar refractivity (Wildman–Crippen MR) is 126 cm³/mol. The first kappa shape index (κ1) is 21.0. The summed E-state index contributed by atoms with van der Waals surface area (Å²) in [5.74, 6) is 0.416. The largest absolute Gasteiger partial charge is 0.352 e. The summed E-state index contributed by atoms with van der Waals surface area (Å²) in [5, 5.41) is 5.86. The number of hydrogen-bond acceptors (Lipinski definition) is 5. The van der Waals surface area contributed by atoms with Crippen LogP contribution in [0.2, 0.25) is 0 Å². The molecular weight excluding hydrogens is 460 g/mol. The van der Waals surface area contributed by atoms with Crippen molar-refractivity contribution < 1.29 is 4.79 Å². The summed E-state index contributed by atoms with van der Waals surface area (Å²) < 4.78 is 2.50. The Bertz CT molecular complexity index is 1170. The number of rotatable bonds is 5. The van der Waals surface area contributed by atoms with Crippen LogP contribution in [-0.4, -0.2) is 39.7 Å². The van der Waals surface area contributed by atoms with E-state index in [0.717, 1.165) is 23.0 Å². The molecule has 0 bridgehead atoms. The van der Waals surface area contributed by atoms with Gasteiger partial charge in [0.05, 0.1) is 0 Å². The van der Waals surface area contributed by atoms with Crippen LogP contribution in [0.1, 0.15) is 12.8 Å². The van der Waals surface area contributed by atoms with Gasteiger partial charge in [0.2, 0.25) is 0 Å². The van der Waals surface area contributed by atoms with E-state index in [1.807, 2.05) is 41.3 Å². The van der Waals surface area contributed by atoms with E-state index in [-0.39, 0.29) is 17.6 Å². The monoisotopic (exact) mass is 482 g/mol. The maximum atomic E-state index is 13.0. The van der Waals surface area contributed by atoms with E-state index in [1.54, 1.807) is 16.8 Å². The molecule has 160 valence electrons. The molecule has 1 saturated heterocycles. The highest BCUT2D eigenvalue weighted by molar-refractivity contribution is 9.10. The zero-order valence-corrected chi connectivity index (χ0v) is 18.5. The maximum Gasteiger partial charge on any atom is 0.319 e. The number of urea groups is 1. The van der Waals surface area contributed by atoms with Crippen molar-refractivity contribution in [2.45, 2.75) is 25.4 Å². The number of allylic oxidation sites excluding steroid dienone is 1. The first-order valence-corrected chi connectivity index (χ1v) is 10.9. The average Bonchev–Trinajstić information content (AvgIpc) is 2.76. The minimum absolute atomic E-state index is 0.0286. The van der Waals surface area contributed by atoms with E-state index in [1.165, 1.54) is 0 Å². The Morgan fingerprint density at radius 3 is 2.81 bits per heavy atom. The normalized spacial score (nSPS) is 14.4. The fourth-order valence-electron chi connectivity index (χ4n) is 3.72. The zero-order valence-electron chi connectivity index (χ0n) is 16.9. The van der Waals surface area contributed by atoms with Gasteiger partial charge in [-0.2, -0.15) is 0 Å². The van der Waals surface area contributed by atoms with Crippen molar-refractivity contribution in [2.75, 3.05) is 23.3 Å². The maximum absolute atomic E-state index is 13.0. The number of carbonyl (C=O) groups is 1. The molecule has 31 heavy (non-hydrogen) atoms. The fraction of sp³-hybridized carbons (Fsp3) is 0.273. The molecule has 1 aliphatic heterocycles. The number of hydrogen-bond donors (Lipinski definition) is 2. The summed E-state index contributed by atoms with van der Waals surface area (Å²) >= 11 is 3.40. The number of fused-ring (bicyclic) bond motifs is 1. The summed E-state index contributed by atoms with van der Waals surface area (Å²) in [4.78, 5) is 36.3. The van der Waals surface area contributed by atoms with Crippen LogP contribution in [0.25, 0.3) is 11.2 Å². The lowest BCUT2D eigenvalue weighted by Crippen LogP contribution is -2.47. The summed E-state index contributed by atoms with van der Waals surface area (Å²) in [7, 11) is 0. The van der Waals surface area contributed by atoms with E-state index in [0.29, 0.717) is 36.6 Å². The highest BCUT2D eigenvalue weighted by Crippen LogP contribution is 2.19. The molecule has 3 heterocycles. The number of pyridine rings is 1. The summed E-state index contributed by atoms with van der Waals surface area (Å²) in [5.41, 5.74) is 1.77. The Labute approximate surface area is 188 Å². The van der Waals surface area contributed by atoms with Crippen molar-refractivity contribution in [1.82, 2.24) is 19.9 Å². The van der Waals surface area contributed by atoms with Crippen molar-refractivity contribution in [3.8, 4) is 0 Å². The second-order valence-corrected chi connectivity index (χ2v) is 8.27. The third-order valence-corrected chi connectivity index (χ3v) is 5.70.